The normalized spacial score (nSPS) is 19.0. The Morgan fingerprint density at radius 2 is 1.89 bits per heavy atom. The Hall–Kier alpha value is -4.37. The van der Waals surface area contributed by atoms with Crippen molar-refractivity contribution >= 4 is 44.1 Å². The van der Waals surface area contributed by atoms with Gasteiger partial charge in [0.2, 0.25) is 0 Å². The number of aliphatic hydroxyl groups is 1. The number of thiazole rings is 1. The second-order valence-electron chi connectivity index (χ2n) is 12.2. The topological polar surface area (TPSA) is 98.2 Å². The van der Waals surface area contributed by atoms with Crippen LogP contribution in [-0.4, -0.2) is 41.1 Å². The number of aliphatic hydroxyl groups excluding tert-OH is 1. The molecule has 0 aliphatic carbocycles. The molecule has 2 atom stereocenters. The Kier molecular flexibility index (Phi) is 8.31. The van der Waals surface area contributed by atoms with Crippen molar-refractivity contribution in [2.24, 2.45) is 5.92 Å². The van der Waals surface area contributed by atoms with Gasteiger partial charge in [-0.15, -0.1) is 0 Å². The van der Waals surface area contributed by atoms with Gasteiger partial charge in [0.1, 0.15) is 17.6 Å². The molecule has 1 saturated heterocycles. The Labute approximate surface area is 267 Å². The molecule has 2 aliphatic heterocycles. The smallest absolute Gasteiger partial charge is 0.301 e. The molecule has 0 radical (unpaired) electrons. The van der Waals surface area contributed by atoms with E-state index < -0.39 is 17.7 Å². The maximum Gasteiger partial charge on any atom is 0.301 e. The maximum atomic E-state index is 13.9. The first-order valence-electron chi connectivity index (χ1n) is 15.4. The summed E-state index contributed by atoms with van der Waals surface area (Å²) >= 11 is 1.35. The van der Waals surface area contributed by atoms with E-state index in [-0.39, 0.29) is 17.4 Å². The van der Waals surface area contributed by atoms with Crippen molar-refractivity contribution in [3.8, 4) is 17.2 Å². The Morgan fingerprint density at radius 3 is 2.64 bits per heavy atom. The number of rotatable bonds is 9. The highest BCUT2D eigenvalue weighted by Gasteiger charge is 2.48. The molecule has 1 fully saturated rings. The minimum atomic E-state index is -0.945. The summed E-state index contributed by atoms with van der Waals surface area (Å²) < 4.78 is 18.8. The Balaban J connectivity index is 1.51. The zero-order valence-corrected chi connectivity index (χ0v) is 27.3. The number of nitrogens with zero attached hydrogens (tertiary/aromatic N) is 2. The zero-order valence-electron chi connectivity index (χ0n) is 26.5. The van der Waals surface area contributed by atoms with E-state index in [0.717, 1.165) is 39.1 Å². The quantitative estimate of drug-likeness (QED) is 0.116. The third-order valence-electron chi connectivity index (χ3n) is 8.17. The fraction of sp³-hybridized carbons (Fsp3) is 0.361. The van der Waals surface area contributed by atoms with E-state index in [1.54, 1.807) is 24.3 Å². The number of amides is 1. The van der Waals surface area contributed by atoms with Crippen LogP contribution < -0.4 is 19.1 Å². The van der Waals surface area contributed by atoms with E-state index in [9.17, 15) is 14.7 Å². The number of hydrogen-bond acceptors (Lipinski definition) is 8. The van der Waals surface area contributed by atoms with Crippen molar-refractivity contribution < 1.29 is 28.9 Å². The average Bonchev–Trinajstić information content (AvgIpc) is 3.65. The third kappa shape index (κ3) is 5.77. The molecule has 1 amide bonds. The zero-order chi connectivity index (χ0) is 32.0. The number of anilines is 1. The van der Waals surface area contributed by atoms with E-state index in [1.165, 1.54) is 16.2 Å². The molecule has 4 aromatic rings. The van der Waals surface area contributed by atoms with Crippen LogP contribution in [-0.2, 0) is 16.0 Å². The number of ketones is 1. The van der Waals surface area contributed by atoms with Crippen LogP contribution >= 0.6 is 11.3 Å². The van der Waals surface area contributed by atoms with Crippen LogP contribution in [0.5, 0.6) is 17.2 Å². The highest BCUT2D eigenvalue weighted by atomic mass is 32.1. The molecule has 0 saturated carbocycles. The van der Waals surface area contributed by atoms with Crippen molar-refractivity contribution in [1.82, 2.24) is 4.98 Å². The minimum absolute atomic E-state index is 0.00463. The van der Waals surface area contributed by atoms with Gasteiger partial charge in [0, 0.05) is 12.0 Å². The summed E-state index contributed by atoms with van der Waals surface area (Å²) in [5.74, 6) is 0.557. The fourth-order valence-electron chi connectivity index (χ4n) is 6.02. The second-order valence-corrected chi connectivity index (χ2v) is 13.2. The van der Waals surface area contributed by atoms with Crippen molar-refractivity contribution in [2.75, 3.05) is 18.1 Å². The summed E-state index contributed by atoms with van der Waals surface area (Å²) in [6.07, 6.45) is 1.59. The average molecular weight is 627 g/mol. The maximum absolute atomic E-state index is 13.9. The molecule has 2 aliphatic rings. The van der Waals surface area contributed by atoms with Gasteiger partial charge in [-0.2, -0.15) is 0 Å². The van der Waals surface area contributed by atoms with Gasteiger partial charge < -0.3 is 19.3 Å². The van der Waals surface area contributed by atoms with Gasteiger partial charge >= 0.3 is 5.91 Å². The summed E-state index contributed by atoms with van der Waals surface area (Å²) in [5.41, 5.74) is 4.82. The van der Waals surface area contributed by atoms with Crippen LogP contribution in [0.25, 0.3) is 16.0 Å². The van der Waals surface area contributed by atoms with Crippen LogP contribution in [0.15, 0.2) is 54.1 Å². The van der Waals surface area contributed by atoms with E-state index in [2.05, 4.69) is 13.8 Å². The van der Waals surface area contributed by atoms with Gasteiger partial charge in [-0.3, -0.25) is 14.5 Å². The molecule has 1 aromatic heterocycles. The monoisotopic (exact) mass is 626 g/mol. The highest BCUT2D eigenvalue weighted by molar-refractivity contribution is 7.22. The van der Waals surface area contributed by atoms with Gasteiger partial charge in [0.05, 0.1) is 35.0 Å². The standard InChI is InChI=1S/C36H38N2O6S/c1-7-42-28-18-23(8-11-27(28)43-13-12-19(2)3)32-30(33(39)24-9-10-26-25(17-24)16-22(6)44-26)34(40)35(41)38(32)36-37-31-21(5)14-20(4)15-29(31)45-36/h8-11,14-15,17-19,22,32,39H,7,12-13,16H2,1-6H3. The number of carbonyl (C=O) groups excluding carboxylic acids is 2. The second kappa shape index (κ2) is 12.2. The number of aromatic nitrogens is 1. The Morgan fingerprint density at radius 1 is 1.09 bits per heavy atom. The lowest BCUT2D eigenvalue weighted by atomic mass is 9.94. The molecule has 9 heteroatoms. The molecule has 0 bridgehead atoms. The number of Topliss-reactive ketones (excluding diaryl/α,β-unsaturated/α-hetero) is 1. The van der Waals surface area contributed by atoms with Crippen molar-refractivity contribution in [1.29, 1.82) is 0 Å². The number of carbonyl (C=O) groups is 2. The first kappa shape index (κ1) is 30.6. The number of hydrogen-bond donors (Lipinski definition) is 1. The molecule has 0 spiro atoms. The molecule has 234 valence electrons. The van der Waals surface area contributed by atoms with Gasteiger partial charge in [-0.05, 0) is 98.7 Å². The van der Waals surface area contributed by atoms with Crippen molar-refractivity contribution in [3.63, 3.8) is 0 Å². The number of fused-ring (bicyclic) bond motifs is 2. The highest BCUT2D eigenvalue weighted by Crippen LogP contribution is 2.46. The van der Waals surface area contributed by atoms with Crippen molar-refractivity contribution in [2.45, 2.75) is 66.5 Å². The first-order valence-corrected chi connectivity index (χ1v) is 16.3. The number of ether oxygens (including phenoxy) is 3. The largest absolute Gasteiger partial charge is 0.507 e. The van der Waals surface area contributed by atoms with Gasteiger partial charge in [0.25, 0.3) is 5.78 Å². The fourth-order valence-corrected chi connectivity index (χ4v) is 7.19. The molecule has 8 nitrogen and oxygen atoms in total. The predicted molar refractivity (Wildman–Crippen MR) is 177 cm³/mol. The molecule has 3 heterocycles. The van der Waals surface area contributed by atoms with E-state index in [4.69, 9.17) is 19.2 Å². The van der Waals surface area contributed by atoms with E-state index in [1.807, 2.05) is 52.0 Å². The van der Waals surface area contributed by atoms with Gasteiger partial charge in [-0.25, -0.2) is 4.98 Å². The lowest BCUT2D eigenvalue weighted by Gasteiger charge is -2.24. The number of benzene rings is 3. The lowest BCUT2D eigenvalue weighted by molar-refractivity contribution is -0.132. The van der Waals surface area contributed by atoms with Crippen LogP contribution in [0, 0.1) is 19.8 Å². The van der Waals surface area contributed by atoms with Gasteiger partial charge in [0.15, 0.2) is 16.6 Å². The molecule has 6 rings (SSSR count). The number of aryl methyl sites for hydroxylation is 2. The summed E-state index contributed by atoms with van der Waals surface area (Å²) in [6, 6.07) is 13.9. The molecule has 2 unspecified atom stereocenters. The summed E-state index contributed by atoms with van der Waals surface area (Å²) in [4.78, 5) is 34.0. The summed E-state index contributed by atoms with van der Waals surface area (Å²) in [7, 11) is 0. The lowest BCUT2D eigenvalue weighted by Crippen LogP contribution is -2.29. The van der Waals surface area contributed by atoms with Crippen LogP contribution in [0.1, 0.15) is 68.0 Å². The molecule has 3 aromatic carbocycles. The van der Waals surface area contributed by atoms with Gasteiger partial charge in [-0.1, -0.05) is 37.3 Å². The molecular formula is C36H38N2O6S. The first-order chi connectivity index (χ1) is 21.5. The van der Waals surface area contributed by atoms with Crippen molar-refractivity contribution in [3.05, 3.63) is 81.9 Å². The van der Waals surface area contributed by atoms with Crippen LogP contribution in [0.2, 0.25) is 0 Å². The Bertz CT molecular complexity index is 1840. The molecular weight excluding hydrogens is 588 g/mol. The van der Waals surface area contributed by atoms with Crippen LogP contribution in [0.4, 0.5) is 5.13 Å². The summed E-state index contributed by atoms with van der Waals surface area (Å²) in [5, 5.41) is 12.2. The third-order valence-corrected chi connectivity index (χ3v) is 9.18. The molecule has 1 N–H and O–H groups in total. The van der Waals surface area contributed by atoms with E-state index in [0.29, 0.717) is 53.3 Å². The van der Waals surface area contributed by atoms with E-state index >= 15 is 0 Å². The summed E-state index contributed by atoms with van der Waals surface area (Å²) in [6.45, 7) is 13.1. The molecule has 45 heavy (non-hydrogen) atoms. The van der Waals surface area contributed by atoms with Crippen LogP contribution in [0.3, 0.4) is 0 Å². The minimum Gasteiger partial charge on any atom is -0.507 e. The predicted octanol–water partition coefficient (Wildman–Crippen LogP) is 7.69. The SMILES string of the molecule is CCOc1cc(C2C(=C(O)c3ccc4c(c3)CC(C)O4)C(=O)C(=O)N2c2nc3c(C)cc(C)cc3s2)ccc1OCCC(C)C.